The zero-order valence-corrected chi connectivity index (χ0v) is 18.9. The minimum absolute atomic E-state index is 0.195. The molecule has 0 saturated carbocycles. The van der Waals surface area contributed by atoms with Gasteiger partial charge in [-0.05, 0) is 25.1 Å². The number of nitrogen functional groups attached to an aromatic ring is 1. The van der Waals surface area contributed by atoms with Gasteiger partial charge in [0, 0.05) is 49.7 Å². The van der Waals surface area contributed by atoms with Crippen molar-refractivity contribution in [2.75, 3.05) is 25.4 Å². The lowest BCUT2D eigenvalue weighted by Crippen LogP contribution is -2.56. The van der Waals surface area contributed by atoms with Crippen molar-refractivity contribution in [2.24, 2.45) is 0 Å². The second kappa shape index (κ2) is 8.93. The molecule has 1 fully saturated rings. The standard InChI is InChI=1S/C24H22N8O3/c1-14-13-31(8-9-32(14)23(34)17-4-2-3-6-26-17)24(35)22(33)16-10-30-20-15(16)5-7-27-21(20)18-11-29-19(25)12-28-18/h2-7,10-12,14,30H,8-9,13H2,1H3,(H2,25,29). The first-order chi connectivity index (χ1) is 16.9. The minimum atomic E-state index is -0.631. The van der Waals surface area contributed by atoms with Gasteiger partial charge in [-0.25, -0.2) is 9.97 Å². The van der Waals surface area contributed by atoms with Crippen molar-refractivity contribution in [3.05, 3.63) is 66.5 Å². The fraction of sp³-hybridized carbons (Fsp3) is 0.208. The smallest absolute Gasteiger partial charge is 0.295 e. The maximum absolute atomic E-state index is 13.2. The lowest BCUT2D eigenvalue weighted by atomic mass is 10.1. The number of carbonyl (C=O) groups excluding carboxylic acids is 3. The van der Waals surface area contributed by atoms with E-state index in [0.29, 0.717) is 34.5 Å². The van der Waals surface area contributed by atoms with E-state index in [0.717, 1.165) is 0 Å². The Bertz CT molecular complexity index is 1420. The average Bonchev–Trinajstić information content (AvgIpc) is 3.33. The van der Waals surface area contributed by atoms with Gasteiger partial charge in [0.15, 0.2) is 0 Å². The van der Waals surface area contributed by atoms with Gasteiger partial charge >= 0.3 is 0 Å². The Morgan fingerprint density at radius 2 is 1.89 bits per heavy atom. The largest absolute Gasteiger partial charge is 0.382 e. The maximum atomic E-state index is 13.2. The molecule has 0 aromatic carbocycles. The zero-order valence-electron chi connectivity index (χ0n) is 18.9. The van der Waals surface area contributed by atoms with Gasteiger partial charge in [0.05, 0.1) is 23.5 Å². The summed E-state index contributed by atoms with van der Waals surface area (Å²) in [4.78, 5) is 62.1. The van der Waals surface area contributed by atoms with E-state index in [1.165, 1.54) is 23.5 Å². The Balaban J connectivity index is 1.34. The van der Waals surface area contributed by atoms with Crippen LogP contribution >= 0.6 is 0 Å². The molecule has 35 heavy (non-hydrogen) atoms. The molecule has 0 bridgehead atoms. The van der Waals surface area contributed by atoms with Crippen LogP contribution in [-0.4, -0.2) is 78.0 Å². The molecule has 0 spiro atoms. The van der Waals surface area contributed by atoms with Gasteiger partial charge in [-0.15, -0.1) is 0 Å². The summed E-state index contributed by atoms with van der Waals surface area (Å²) in [5, 5.41) is 0.559. The fourth-order valence-corrected chi connectivity index (χ4v) is 4.24. The summed E-state index contributed by atoms with van der Waals surface area (Å²) in [6.45, 7) is 2.67. The van der Waals surface area contributed by atoms with E-state index in [-0.39, 0.29) is 36.4 Å². The number of H-pyrrole nitrogens is 1. The van der Waals surface area contributed by atoms with Crippen LogP contribution in [0.4, 0.5) is 5.82 Å². The molecule has 176 valence electrons. The van der Waals surface area contributed by atoms with E-state index in [1.54, 1.807) is 41.6 Å². The first-order valence-corrected chi connectivity index (χ1v) is 11.0. The molecule has 5 rings (SSSR count). The molecule has 0 radical (unpaired) electrons. The number of ketones is 1. The monoisotopic (exact) mass is 470 g/mol. The van der Waals surface area contributed by atoms with E-state index < -0.39 is 11.7 Å². The number of hydrogen-bond donors (Lipinski definition) is 2. The van der Waals surface area contributed by atoms with Gasteiger partial charge in [-0.2, -0.15) is 0 Å². The summed E-state index contributed by atoms with van der Waals surface area (Å²) >= 11 is 0. The third-order valence-electron chi connectivity index (χ3n) is 6.01. The predicted octanol–water partition coefficient (Wildman–Crippen LogP) is 1.55. The second-order valence-electron chi connectivity index (χ2n) is 8.25. The molecule has 4 aromatic rings. The zero-order chi connectivity index (χ0) is 24.5. The van der Waals surface area contributed by atoms with Crippen molar-refractivity contribution in [3.8, 4) is 11.4 Å². The van der Waals surface area contributed by atoms with Gasteiger partial charge in [0.25, 0.3) is 17.6 Å². The molecular weight excluding hydrogens is 448 g/mol. The molecule has 1 aliphatic heterocycles. The number of nitrogens with two attached hydrogens (primary N) is 1. The van der Waals surface area contributed by atoms with Crippen LogP contribution in [0.15, 0.2) is 55.2 Å². The quantitative estimate of drug-likeness (QED) is 0.337. The molecule has 5 heterocycles. The number of carbonyl (C=O) groups is 3. The highest BCUT2D eigenvalue weighted by Gasteiger charge is 2.34. The highest BCUT2D eigenvalue weighted by atomic mass is 16.2. The SMILES string of the molecule is CC1CN(C(=O)C(=O)c2c[nH]c3c(-c4cnc(N)cn4)nccc23)CCN1C(=O)c1ccccn1. The Kier molecular flexibility index (Phi) is 5.65. The number of amides is 2. The normalized spacial score (nSPS) is 15.9. The van der Waals surface area contributed by atoms with Gasteiger partial charge in [0.1, 0.15) is 22.9 Å². The van der Waals surface area contributed by atoms with E-state index in [1.807, 2.05) is 6.92 Å². The second-order valence-corrected chi connectivity index (χ2v) is 8.25. The predicted molar refractivity (Wildman–Crippen MR) is 127 cm³/mol. The van der Waals surface area contributed by atoms with Crippen LogP contribution in [0.3, 0.4) is 0 Å². The Morgan fingerprint density at radius 1 is 1.03 bits per heavy atom. The van der Waals surface area contributed by atoms with E-state index >= 15 is 0 Å². The van der Waals surface area contributed by atoms with E-state index in [2.05, 4.69) is 24.9 Å². The number of rotatable bonds is 4. The number of aromatic nitrogens is 5. The molecule has 1 unspecified atom stereocenters. The molecule has 11 heteroatoms. The van der Waals surface area contributed by atoms with Crippen LogP contribution < -0.4 is 5.73 Å². The van der Waals surface area contributed by atoms with Crippen molar-refractivity contribution < 1.29 is 14.4 Å². The molecular formula is C24H22N8O3. The van der Waals surface area contributed by atoms with Crippen molar-refractivity contribution in [3.63, 3.8) is 0 Å². The average molecular weight is 470 g/mol. The molecule has 2 amide bonds. The van der Waals surface area contributed by atoms with Crippen molar-refractivity contribution in [1.82, 2.24) is 34.7 Å². The summed E-state index contributed by atoms with van der Waals surface area (Å²) in [7, 11) is 0. The summed E-state index contributed by atoms with van der Waals surface area (Å²) in [6, 6.07) is 6.57. The molecule has 1 atom stereocenters. The lowest BCUT2D eigenvalue weighted by Gasteiger charge is -2.39. The molecule has 11 nitrogen and oxygen atoms in total. The molecule has 1 saturated heterocycles. The molecule has 1 aliphatic rings. The maximum Gasteiger partial charge on any atom is 0.295 e. The van der Waals surface area contributed by atoms with Crippen LogP contribution in [0, 0.1) is 0 Å². The van der Waals surface area contributed by atoms with Crippen molar-refractivity contribution in [2.45, 2.75) is 13.0 Å². The third-order valence-corrected chi connectivity index (χ3v) is 6.01. The summed E-state index contributed by atoms with van der Waals surface area (Å²) in [5.41, 5.74) is 7.77. The fourth-order valence-electron chi connectivity index (χ4n) is 4.24. The van der Waals surface area contributed by atoms with E-state index in [4.69, 9.17) is 5.73 Å². The number of Topliss-reactive ketones (excluding diaryl/α,β-unsaturated/α-hetero) is 1. The number of nitrogens with zero attached hydrogens (tertiary/aromatic N) is 6. The van der Waals surface area contributed by atoms with Gasteiger partial charge in [-0.1, -0.05) is 6.07 Å². The Labute approximate surface area is 200 Å². The number of hydrogen-bond acceptors (Lipinski definition) is 8. The molecule has 3 N–H and O–H groups in total. The highest BCUT2D eigenvalue weighted by Crippen LogP contribution is 2.27. The first kappa shape index (κ1) is 22.1. The number of piperazine rings is 1. The van der Waals surface area contributed by atoms with Crippen molar-refractivity contribution >= 4 is 34.3 Å². The van der Waals surface area contributed by atoms with Crippen LogP contribution in [0.1, 0.15) is 27.8 Å². The topological polar surface area (TPSA) is 151 Å². The van der Waals surface area contributed by atoms with Crippen LogP contribution in [0.2, 0.25) is 0 Å². The van der Waals surface area contributed by atoms with E-state index in [9.17, 15) is 14.4 Å². The third kappa shape index (κ3) is 4.07. The van der Waals surface area contributed by atoms with Crippen LogP contribution in [0.25, 0.3) is 22.3 Å². The summed E-state index contributed by atoms with van der Waals surface area (Å²) < 4.78 is 0. The number of anilines is 1. The molecule has 4 aromatic heterocycles. The minimum Gasteiger partial charge on any atom is -0.382 e. The number of nitrogens with one attached hydrogen (secondary N) is 1. The lowest BCUT2D eigenvalue weighted by molar-refractivity contribution is -0.128. The van der Waals surface area contributed by atoms with Crippen molar-refractivity contribution in [1.29, 1.82) is 0 Å². The number of pyridine rings is 2. The first-order valence-electron chi connectivity index (χ1n) is 11.0. The Hall–Kier alpha value is -4.67. The number of fused-ring (bicyclic) bond motifs is 1. The summed E-state index contributed by atoms with van der Waals surface area (Å²) in [6.07, 6.45) is 7.55. The van der Waals surface area contributed by atoms with Gasteiger partial charge in [-0.3, -0.25) is 24.4 Å². The Morgan fingerprint density at radius 3 is 2.60 bits per heavy atom. The van der Waals surface area contributed by atoms with Gasteiger partial charge < -0.3 is 20.5 Å². The summed E-state index contributed by atoms with van der Waals surface area (Å²) in [5.74, 6) is -1.16. The highest BCUT2D eigenvalue weighted by molar-refractivity contribution is 6.45. The van der Waals surface area contributed by atoms with Crippen LogP contribution in [0.5, 0.6) is 0 Å². The number of aromatic amines is 1. The van der Waals surface area contributed by atoms with Crippen LogP contribution in [-0.2, 0) is 4.79 Å². The molecule has 0 aliphatic carbocycles. The van der Waals surface area contributed by atoms with Gasteiger partial charge in [0.2, 0.25) is 0 Å².